The van der Waals surface area contributed by atoms with E-state index in [0.717, 1.165) is 15.8 Å². The molecule has 5 heteroatoms. The summed E-state index contributed by atoms with van der Waals surface area (Å²) in [6.45, 7) is 5.25. The van der Waals surface area contributed by atoms with Gasteiger partial charge in [-0.2, -0.15) is 0 Å². The third-order valence-corrected chi connectivity index (χ3v) is 3.66. The van der Waals surface area contributed by atoms with E-state index in [1.54, 1.807) is 4.90 Å². The Bertz CT molecular complexity index is 354. The van der Waals surface area contributed by atoms with E-state index in [0.29, 0.717) is 6.54 Å². The molecule has 0 saturated carbocycles. The summed E-state index contributed by atoms with van der Waals surface area (Å²) in [5.74, 6) is 0.116. The summed E-state index contributed by atoms with van der Waals surface area (Å²) in [7, 11) is 1.81. The van der Waals surface area contributed by atoms with Gasteiger partial charge in [0.05, 0.1) is 10.4 Å². The van der Waals surface area contributed by atoms with Crippen LogP contribution >= 0.6 is 22.9 Å². The van der Waals surface area contributed by atoms with E-state index in [1.807, 2.05) is 33.0 Å². The van der Waals surface area contributed by atoms with Crippen molar-refractivity contribution in [3.05, 3.63) is 21.3 Å². The molecular formula is C11H17ClN2OS. The largest absolute Gasteiger partial charge is 0.345 e. The first kappa shape index (κ1) is 13.5. The second-order valence-electron chi connectivity index (χ2n) is 3.66. The lowest BCUT2D eigenvalue weighted by Gasteiger charge is -2.20. The first-order valence-electron chi connectivity index (χ1n) is 5.27. The van der Waals surface area contributed by atoms with E-state index < -0.39 is 0 Å². The summed E-state index contributed by atoms with van der Waals surface area (Å²) >= 11 is 7.36. The zero-order chi connectivity index (χ0) is 12.1. The molecule has 0 aromatic carbocycles. The van der Waals surface area contributed by atoms with E-state index in [-0.39, 0.29) is 11.9 Å². The fraction of sp³-hybridized carbons (Fsp3) is 0.545. The number of thiophene rings is 1. The van der Waals surface area contributed by atoms with Crippen LogP contribution in [0.4, 0.5) is 0 Å². The van der Waals surface area contributed by atoms with Crippen molar-refractivity contribution >= 4 is 28.8 Å². The Morgan fingerprint density at radius 3 is 2.81 bits per heavy atom. The van der Waals surface area contributed by atoms with E-state index in [2.05, 4.69) is 5.32 Å². The van der Waals surface area contributed by atoms with E-state index in [4.69, 9.17) is 11.6 Å². The van der Waals surface area contributed by atoms with Gasteiger partial charge in [-0.1, -0.05) is 11.6 Å². The monoisotopic (exact) mass is 260 g/mol. The summed E-state index contributed by atoms with van der Waals surface area (Å²) in [4.78, 5) is 14.6. The third kappa shape index (κ3) is 3.77. The molecule has 16 heavy (non-hydrogen) atoms. The molecule has 3 nitrogen and oxygen atoms in total. The summed E-state index contributed by atoms with van der Waals surface area (Å²) in [5, 5.41) is 3.19. The molecule has 1 N–H and O–H groups in total. The second-order valence-corrected chi connectivity index (χ2v) is 5.46. The van der Waals surface area contributed by atoms with Gasteiger partial charge < -0.3 is 10.2 Å². The number of likely N-dealkylation sites (N-methyl/N-ethyl adjacent to an activating group) is 1. The average molecular weight is 261 g/mol. The minimum atomic E-state index is -0.161. The smallest absolute Gasteiger partial charge is 0.239 e. The molecule has 1 unspecified atom stereocenters. The Kier molecular flexibility index (Phi) is 5.25. The number of rotatable bonds is 5. The van der Waals surface area contributed by atoms with Gasteiger partial charge in [-0.15, -0.1) is 11.3 Å². The van der Waals surface area contributed by atoms with Crippen LogP contribution in [-0.4, -0.2) is 30.4 Å². The van der Waals surface area contributed by atoms with Crippen LogP contribution in [0, 0.1) is 0 Å². The van der Waals surface area contributed by atoms with Gasteiger partial charge in [0.2, 0.25) is 5.91 Å². The second kappa shape index (κ2) is 6.23. The minimum absolute atomic E-state index is 0.116. The van der Waals surface area contributed by atoms with Crippen LogP contribution in [0.3, 0.4) is 0 Å². The van der Waals surface area contributed by atoms with Crippen LogP contribution in [0.2, 0.25) is 4.34 Å². The molecule has 0 radical (unpaired) electrons. The van der Waals surface area contributed by atoms with Crippen LogP contribution in [0.25, 0.3) is 0 Å². The number of carbonyl (C=O) groups excluding carboxylic acids is 1. The highest BCUT2D eigenvalue weighted by atomic mass is 35.5. The lowest BCUT2D eigenvalue weighted by atomic mass is 10.3. The molecule has 90 valence electrons. The highest BCUT2D eigenvalue weighted by Crippen LogP contribution is 2.21. The number of halogens is 1. The van der Waals surface area contributed by atoms with Crippen molar-refractivity contribution in [1.29, 1.82) is 0 Å². The normalized spacial score (nSPS) is 12.5. The van der Waals surface area contributed by atoms with Crippen molar-refractivity contribution in [2.24, 2.45) is 0 Å². The fourth-order valence-electron chi connectivity index (χ4n) is 1.27. The average Bonchev–Trinajstić information content (AvgIpc) is 2.69. The minimum Gasteiger partial charge on any atom is -0.345 e. The van der Waals surface area contributed by atoms with Crippen molar-refractivity contribution in [3.63, 3.8) is 0 Å². The Balaban J connectivity index is 2.40. The first-order chi connectivity index (χ1) is 7.54. The molecule has 1 amide bonds. The lowest BCUT2D eigenvalue weighted by molar-refractivity contribution is -0.131. The number of carbonyl (C=O) groups is 1. The van der Waals surface area contributed by atoms with Crippen LogP contribution in [-0.2, 0) is 11.3 Å². The number of hydrogen-bond acceptors (Lipinski definition) is 3. The van der Waals surface area contributed by atoms with Crippen molar-refractivity contribution in [3.8, 4) is 0 Å². The van der Waals surface area contributed by atoms with Crippen molar-refractivity contribution in [2.75, 3.05) is 13.6 Å². The van der Waals surface area contributed by atoms with Crippen molar-refractivity contribution < 1.29 is 4.79 Å². The molecule has 0 aliphatic heterocycles. The quantitative estimate of drug-likeness (QED) is 0.882. The summed E-state index contributed by atoms with van der Waals surface area (Å²) in [5.41, 5.74) is 0. The van der Waals surface area contributed by atoms with Crippen LogP contribution in [0.15, 0.2) is 12.1 Å². The van der Waals surface area contributed by atoms with Gasteiger partial charge in [-0.05, 0) is 26.0 Å². The summed E-state index contributed by atoms with van der Waals surface area (Å²) in [6.07, 6.45) is 0. The molecule has 1 aromatic rings. The maximum atomic E-state index is 11.7. The molecule has 1 atom stereocenters. The van der Waals surface area contributed by atoms with E-state index in [1.165, 1.54) is 11.3 Å². The SMILES string of the molecule is CCN(C)C(=O)C(C)NCc1ccc(Cl)s1. The Labute approximate surface area is 105 Å². The van der Waals surface area contributed by atoms with Gasteiger partial charge in [0.15, 0.2) is 0 Å². The molecular weight excluding hydrogens is 244 g/mol. The molecule has 1 aromatic heterocycles. The summed E-state index contributed by atoms with van der Waals surface area (Å²) in [6, 6.07) is 3.68. The van der Waals surface area contributed by atoms with Crippen molar-refractivity contribution in [1.82, 2.24) is 10.2 Å². The predicted molar refractivity (Wildman–Crippen MR) is 68.9 cm³/mol. The van der Waals surface area contributed by atoms with Gasteiger partial charge in [-0.25, -0.2) is 0 Å². The molecule has 0 spiro atoms. The van der Waals surface area contributed by atoms with E-state index in [9.17, 15) is 4.79 Å². The molecule has 0 aliphatic carbocycles. The van der Waals surface area contributed by atoms with Gasteiger partial charge in [0, 0.05) is 25.0 Å². The summed E-state index contributed by atoms with van der Waals surface area (Å²) < 4.78 is 0.779. The van der Waals surface area contributed by atoms with Gasteiger partial charge >= 0.3 is 0 Å². The maximum absolute atomic E-state index is 11.7. The number of nitrogens with zero attached hydrogens (tertiary/aromatic N) is 1. The number of hydrogen-bond donors (Lipinski definition) is 1. The Morgan fingerprint density at radius 2 is 2.31 bits per heavy atom. The van der Waals surface area contributed by atoms with Gasteiger partial charge in [0.1, 0.15) is 0 Å². The zero-order valence-corrected chi connectivity index (χ0v) is 11.4. The molecule has 1 rings (SSSR count). The maximum Gasteiger partial charge on any atom is 0.239 e. The predicted octanol–water partition coefficient (Wildman–Crippen LogP) is 2.36. The third-order valence-electron chi connectivity index (χ3n) is 2.43. The molecule has 0 bridgehead atoms. The molecule has 0 saturated heterocycles. The zero-order valence-electron chi connectivity index (χ0n) is 9.79. The first-order valence-corrected chi connectivity index (χ1v) is 6.46. The molecule has 1 heterocycles. The lowest BCUT2D eigenvalue weighted by Crippen LogP contribution is -2.42. The fourth-order valence-corrected chi connectivity index (χ4v) is 2.31. The Morgan fingerprint density at radius 1 is 1.62 bits per heavy atom. The van der Waals surface area contributed by atoms with Crippen LogP contribution in [0.1, 0.15) is 18.7 Å². The molecule has 0 fully saturated rings. The number of amides is 1. The van der Waals surface area contributed by atoms with Crippen molar-refractivity contribution in [2.45, 2.75) is 26.4 Å². The van der Waals surface area contributed by atoms with Crippen LogP contribution in [0.5, 0.6) is 0 Å². The molecule has 0 aliphatic rings. The van der Waals surface area contributed by atoms with E-state index >= 15 is 0 Å². The standard InChI is InChI=1S/C11H17ClN2OS/c1-4-14(3)11(15)8(2)13-7-9-5-6-10(12)16-9/h5-6,8,13H,4,7H2,1-3H3. The Hall–Kier alpha value is -0.580. The number of nitrogens with one attached hydrogen (secondary N) is 1. The van der Waals surface area contributed by atoms with Crippen LogP contribution < -0.4 is 5.32 Å². The highest BCUT2D eigenvalue weighted by Gasteiger charge is 2.15. The van der Waals surface area contributed by atoms with Gasteiger partial charge in [0.25, 0.3) is 0 Å². The topological polar surface area (TPSA) is 32.3 Å². The van der Waals surface area contributed by atoms with Gasteiger partial charge in [-0.3, -0.25) is 4.79 Å². The highest BCUT2D eigenvalue weighted by molar-refractivity contribution is 7.16.